The largest absolute Gasteiger partial charge is 0.478 e. The van der Waals surface area contributed by atoms with Gasteiger partial charge in [-0.3, -0.25) is 4.79 Å². The number of benzene rings is 2. The number of aromatic carboxylic acids is 1. The molecule has 0 unspecified atom stereocenters. The highest BCUT2D eigenvalue weighted by Gasteiger charge is 2.17. The second-order valence-electron chi connectivity index (χ2n) is 7.48. The standard InChI is InChI=1S/C25H23N3O3/c1-15-9-16(2)11-21(10-15)27-24(29)20(14-26)13-19-12-17(3)28(18(19)4)23-8-6-5-7-22(23)25(30)31/h5-13H,1-4H3,(H,27,29)(H,30,31)/b20-13-. The Morgan fingerprint density at radius 2 is 1.68 bits per heavy atom. The molecule has 156 valence electrons. The second kappa shape index (κ2) is 8.72. The van der Waals surface area contributed by atoms with E-state index in [1.54, 1.807) is 24.3 Å². The number of carboxylic acids is 1. The van der Waals surface area contributed by atoms with Crippen LogP contribution in [-0.2, 0) is 4.79 Å². The Kier molecular flexibility index (Phi) is 6.07. The lowest BCUT2D eigenvalue weighted by atomic mass is 10.1. The van der Waals surface area contributed by atoms with Gasteiger partial charge in [0.05, 0.1) is 11.3 Å². The number of nitriles is 1. The van der Waals surface area contributed by atoms with Crippen molar-refractivity contribution in [2.45, 2.75) is 27.7 Å². The molecule has 1 amide bonds. The van der Waals surface area contributed by atoms with E-state index < -0.39 is 11.9 Å². The van der Waals surface area contributed by atoms with Crippen LogP contribution < -0.4 is 5.32 Å². The number of carbonyl (C=O) groups excluding carboxylic acids is 1. The SMILES string of the molecule is Cc1cc(C)cc(NC(=O)/C(C#N)=C\c2cc(C)n(-c3ccccc3C(=O)O)c2C)c1. The summed E-state index contributed by atoms with van der Waals surface area (Å²) in [6, 6.07) is 16.2. The average Bonchev–Trinajstić information content (AvgIpc) is 2.98. The number of anilines is 1. The van der Waals surface area contributed by atoms with Gasteiger partial charge in [-0.2, -0.15) is 5.26 Å². The summed E-state index contributed by atoms with van der Waals surface area (Å²) in [7, 11) is 0. The minimum atomic E-state index is -1.02. The normalized spacial score (nSPS) is 11.1. The van der Waals surface area contributed by atoms with Crippen molar-refractivity contribution < 1.29 is 14.7 Å². The average molecular weight is 413 g/mol. The van der Waals surface area contributed by atoms with Crippen LogP contribution in [0, 0.1) is 39.0 Å². The first-order valence-electron chi connectivity index (χ1n) is 9.74. The second-order valence-corrected chi connectivity index (χ2v) is 7.48. The molecule has 6 heteroatoms. The summed E-state index contributed by atoms with van der Waals surface area (Å²) in [5.74, 6) is -1.52. The minimum absolute atomic E-state index is 0.0362. The van der Waals surface area contributed by atoms with Crippen molar-refractivity contribution in [3.05, 3.63) is 87.7 Å². The van der Waals surface area contributed by atoms with Crippen molar-refractivity contribution in [2.75, 3.05) is 5.32 Å². The lowest BCUT2D eigenvalue weighted by Crippen LogP contribution is -2.13. The van der Waals surface area contributed by atoms with Gasteiger partial charge >= 0.3 is 5.97 Å². The number of rotatable bonds is 5. The quantitative estimate of drug-likeness (QED) is 0.457. The third-order valence-electron chi connectivity index (χ3n) is 4.99. The van der Waals surface area contributed by atoms with Crippen molar-refractivity contribution in [2.24, 2.45) is 0 Å². The van der Waals surface area contributed by atoms with E-state index in [0.29, 0.717) is 16.9 Å². The van der Waals surface area contributed by atoms with E-state index in [9.17, 15) is 20.0 Å². The van der Waals surface area contributed by atoms with Gasteiger partial charge in [-0.15, -0.1) is 0 Å². The molecule has 0 aliphatic carbocycles. The van der Waals surface area contributed by atoms with Gasteiger partial charge in [0.2, 0.25) is 0 Å². The van der Waals surface area contributed by atoms with Crippen LogP contribution in [0.3, 0.4) is 0 Å². The maximum atomic E-state index is 12.7. The summed E-state index contributed by atoms with van der Waals surface area (Å²) in [6.45, 7) is 7.56. The molecule has 0 aliphatic rings. The molecule has 1 heterocycles. The fourth-order valence-corrected chi connectivity index (χ4v) is 3.70. The van der Waals surface area contributed by atoms with Crippen LogP contribution in [0.15, 0.2) is 54.1 Å². The predicted octanol–water partition coefficient (Wildman–Crippen LogP) is 4.95. The number of nitrogens with one attached hydrogen (secondary N) is 1. The third kappa shape index (κ3) is 4.57. The number of carbonyl (C=O) groups is 2. The van der Waals surface area contributed by atoms with Gasteiger partial charge in [0.1, 0.15) is 11.6 Å². The van der Waals surface area contributed by atoms with Gasteiger partial charge < -0.3 is 15.0 Å². The van der Waals surface area contributed by atoms with Gasteiger partial charge in [-0.1, -0.05) is 18.2 Å². The fraction of sp³-hybridized carbons (Fsp3) is 0.160. The molecule has 0 fully saturated rings. The smallest absolute Gasteiger partial charge is 0.337 e. The van der Waals surface area contributed by atoms with Crippen LogP contribution in [0.4, 0.5) is 5.69 Å². The molecule has 0 atom stereocenters. The molecular weight excluding hydrogens is 390 g/mol. The summed E-state index contributed by atoms with van der Waals surface area (Å²) in [5, 5.41) is 21.9. The van der Waals surface area contributed by atoms with E-state index in [1.165, 1.54) is 6.08 Å². The Labute approximate surface area is 181 Å². The molecule has 6 nitrogen and oxygen atoms in total. The molecule has 0 aliphatic heterocycles. The van der Waals surface area contributed by atoms with Crippen LogP contribution >= 0.6 is 0 Å². The summed E-state index contributed by atoms with van der Waals surface area (Å²) in [5.41, 5.74) is 5.52. The zero-order chi connectivity index (χ0) is 22.7. The molecule has 0 radical (unpaired) electrons. The lowest BCUT2D eigenvalue weighted by molar-refractivity contribution is -0.112. The number of aromatic nitrogens is 1. The van der Waals surface area contributed by atoms with Crippen LogP contribution in [0.1, 0.15) is 38.4 Å². The highest BCUT2D eigenvalue weighted by molar-refractivity contribution is 6.09. The molecule has 1 aromatic heterocycles. The number of aryl methyl sites for hydroxylation is 3. The molecule has 0 spiro atoms. The number of amides is 1. The first-order valence-corrected chi connectivity index (χ1v) is 9.74. The number of hydrogen-bond donors (Lipinski definition) is 2. The van der Waals surface area contributed by atoms with E-state index in [0.717, 1.165) is 22.5 Å². The van der Waals surface area contributed by atoms with Gasteiger partial charge in [0.25, 0.3) is 5.91 Å². The van der Waals surface area contributed by atoms with Crippen molar-refractivity contribution in [3.63, 3.8) is 0 Å². The molecule has 31 heavy (non-hydrogen) atoms. The van der Waals surface area contributed by atoms with E-state index in [2.05, 4.69) is 5.32 Å². The number of hydrogen-bond acceptors (Lipinski definition) is 3. The molecule has 2 N–H and O–H groups in total. The van der Waals surface area contributed by atoms with Gasteiger partial charge in [-0.05, 0) is 80.8 Å². The van der Waals surface area contributed by atoms with Gasteiger partial charge in [0.15, 0.2) is 0 Å². The lowest BCUT2D eigenvalue weighted by Gasteiger charge is -2.12. The third-order valence-corrected chi connectivity index (χ3v) is 4.99. The first kappa shape index (κ1) is 21.6. The molecule has 3 rings (SSSR count). The summed E-state index contributed by atoms with van der Waals surface area (Å²) in [4.78, 5) is 24.3. The van der Waals surface area contributed by atoms with E-state index in [4.69, 9.17) is 0 Å². The van der Waals surface area contributed by atoms with Gasteiger partial charge in [-0.25, -0.2) is 4.79 Å². The molecular formula is C25H23N3O3. The molecule has 2 aromatic carbocycles. The highest BCUT2D eigenvalue weighted by Crippen LogP contribution is 2.25. The molecule has 0 saturated carbocycles. The summed E-state index contributed by atoms with van der Waals surface area (Å²) in [6.07, 6.45) is 1.53. The van der Waals surface area contributed by atoms with E-state index >= 15 is 0 Å². The maximum Gasteiger partial charge on any atom is 0.337 e. The Hall–Kier alpha value is -4.11. The Morgan fingerprint density at radius 3 is 2.29 bits per heavy atom. The van der Waals surface area contributed by atoms with Crippen LogP contribution in [0.5, 0.6) is 0 Å². The summed E-state index contributed by atoms with van der Waals surface area (Å²) >= 11 is 0. The Bertz CT molecular complexity index is 1240. The molecule has 0 saturated heterocycles. The first-order chi connectivity index (χ1) is 14.7. The molecule has 0 bridgehead atoms. The van der Waals surface area contributed by atoms with E-state index in [-0.39, 0.29) is 11.1 Å². The monoisotopic (exact) mass is 413 g/mol. The predicted molar refractivity (Wildman–Crippen MR) is 120 cm³/mol. The fourth-order valence-electron chi connectivity index (χ4n) is 3.70. The van der Waals surface area contributed by atoms with Crippen LogP contribution in [0.25, 0.3) is 11.8 Å². The number of nitrogens with zero attached hydrogens (tertiary/aromatic N) is 2. The molecule has 3 aromatic rings. The van der Waals surface area contributed by atoms with Crippen molar-refractivity contribution in [1.82, 2.24) is 4.57 Å². The minimum Gasteiger partial charge on any atom is -0.478 e. The van der Waals surface area contributed by atoms with Crippen molar-refractivity contribution in [3.8, 4) is 11.8 Å². The number of carboxylic acid groups (broad SMARTS) is 1. The highest BCUT2D eigenvalue weighted by atomic mass is 16.4. The van der Waals surface area contributed by atoms with Gasteiger partial charge in [0, 0.05) is 17.1 Å². The van der Waals surface area contributed by atoms with Crippen LogP contribution in [-0.4, -0.2) is 21.6 Å². The maximum absolute atomic E-state index is 12.7. The number of para-hydroxylation sites is 1. The zero-order valence-corrected chi connectivity index (χ0v) is 17.9. The topological polar surface area (TPSA) is 95.1 Å². The van der Waals surface area contributed by atoms with Crippen molar-refractivity contribution >= 4 is 23.6 Å². The Balaban J connectivity index is 1.99. The summed E-state index contributed by atoms with van der Waals surface area (Å²) < 4.78 is 1.81. The Morgan fingerprint density at radius 1 is 1.03 bits per heavy atom. The zero-order valence-electron chi connectivity index (χ0n) is 17.9. The van der Waals surface area contributed by atoms with Crippen LogP contribution in [0.2, 0.25) is 0 Å². The van der Waals surface area contributed by atoms with Crippen molar-refractivity contribution in [1.29, 1.82) is 5.26 Å². The van der Waals surface area contributed by atoms with E-state index in [1.807, 2.05) is 62.6 Å².